The van der Waals surface area contributed by atoms with Gasteiger partial charge >= 0.3 is 0 Å². The van der Waals surface area contributed by atoms with Crippen LogP contribution >= 0.6 is 22.6 Å². The van der Waals surface area contributed by atoms with E-state index >= 15 is 0 Å². The Labute approximate surface area is 118 Å². The highest BCUT2D eigenvalue weighted by Crippen LogP contribution is 2.24. The van der Waals surface area contributed by atoms with Crippen molar-refractivity contribution in [1.82, 2.24) is 4.90 Å². The highest BCUT2D eigenvalue weighted by atomic mass is 127. The number of para-hydroxylation sites is 1. The molecule has 1 fully saturated rings. The van der Waals surface area contributed by atoms with Crippen LogP contribution in [-0.2, 0) is 0 Å². The Balaban J connectivity index is 1.96. The summed E-state index contributed by atoms with van der Waals surface area (Å²) in [5, 5.41) is 3.67. The maximum Gasteiger partial charge on any atom is 0.0478 e. The molecule has 0 amide bonds. The van der Waals surface area contributed by atoms with Crippen LogP contribution in [0.25, 0.3) is 0 Å². The van der Waals surface area contributed by atoms with Crippen molar-refractivity contribution in [3.8, 4) is 0 Å². The van der Waals surface area contributed by atoms with Crippen LogP contribution in [0, 0.1) is 9.49 Å². The Morgan fingerprint density at radius 2 is 2.18 bits per heavy atom. The lowest BCUT2D eigenvalue weighted by Gasteiger charge is -2.34. The molecule has 0 radical (unpaired) electrons. The molecule has 1 aromatic rings. The fourth-order valence-corrected chi connectivity index (χ4v) is 3.10. The number of hydrogen-bond acceptors (Lipinski definition) is 2. The lowest BCUT2D eigenvalue weighted by Crippen LogP contribution is -2.39. The average Bonchev–Trinajstić information content (AvgIpc) is 2.32. The summed E-state index contributed by atoms with van der Waals surface area (Å²) in [5.41, 5.74) is 1.27. The molecular weight excluding hydrogens is 323 g/mol. The first-order valence-electron chi connectivity index (χ1n) is 6.36. The fourth-order valence-electron chi connectivity index (χ4n) is 2.56. The number of rotatable bonds is 3. The number of piperidine rings is 1. The van der Waals surface area contributed by atoms with E-state index in [-0.39, 0.29) is 0 Å². The Kier molecular flexibility index (Phi) is 4.68. The molecule has 1 heterocycles. The molecule has 2 nitrogen and oxygen atoms in total. The van der Waals surface area contributed by atoms with Crippen LogP contribution in [0.2, 0.25) is 0 Å². The molecule has 3 heteroatoms. The highest BCUT2D eigenvalue weighted by molar-refractivity contribution is 14.1. The van der Waals surface area contributed by atoms with Crippen LogP contribution < -0.4 is 5.32 Å². The van der Waals surface area contributed by atoms with Crippen molar-refractivity contribution < 1.29 is 0 Å². The van der Waals surface area contributed by atoms with Gasteiger partial charge in [0.15, 0.2) is 0 Å². The van der Waals surface area contributed by atoms with Crippen molar-refractivity contribution in [3.05, 3.63) is 27.8 Å². The molecular formula is C14H21IN2. The molecule has 0 saturated carbocycles. The van der Waals surface area contributed by atoms with Gasteiger partial charge in [0.05, 0.1) is 0 Å². The van der Waals surface area contributed by atoms with Gasteiger partial charge in [0.25, 0.3) is 0 Å². The van der Waals surface area contributed by atoms with E-state index in [2.05, 4.69) is 71.0 Å². The third-order valence-electron chi connectivity index (χ3n) is 3.63. The van der Waals surface area contributed by atoms with E-state index in [0.717, 1.165) is 5.92 Å². The summed E-state index contributed by atoms with van der Waals surface area (Å²) >= 11 is 2.40. The number of nitrogens with one attached hydrogen (secondary N) is 1. The van der Waals surface area contributed by atoms with Crippen LogP contribution in [0.4, 0.5) is 5.69 Å². The van der Waals surface area contributed by atoms with Gasteiger partial charge in [-0.2, -0.15) is 0 Å². The molecule has 2 atom stereocenters. The second kappa shape index (κ2) is 6.05. The fraction of sp³-hybridized carbons (Fsp3) is 0.571. The molecule has 0 spiro atoms. The number of likely N-dealkylation sites (tertiary alicyclic amines) is 1. The predicted molar refractivity (Wildman–Crippen MR) is 82.5 cm³/mol. The van der Waals surface area contributed by atoms with Gasteiger partial charge in [-0.25, -0.2) is 0 Å². The van der Waals surface area contributed by atoms with Crippen LogP contribution in [0.5, 0.6) is 0 Å². The lowest BCUT2D eigenvalue weighted by molar-refractivity contribution is 0.197. The zero-order valence-electron chi connectivity index (χ0n) is 10.6. The maximum atomic E-state index is 3.67. The van der Waals surface area contributed by atoms with E-state index in [1.165, 1.54) is 35.2 Å². The summed E-state index contributed by atoms with van der Waals surface area (Å²) < 4.78 is 1.31. The third-order valence-corrected chi connectivity index (χ3v) is 4.57. The first kappa shape index (κ1) is 13.1. The van der Waals surface area contributed by atoms with E-state index in [9.17, 15) is 0 Å². The van der Waals surface area contributed by atoms with E-state index in [1.54, 1.807) is 0 Å². The summed E-state index contributed by atoms with van der Waals surface area (Å²) in [6.45, 7) is 4.79. The summed E-state index contributed by atoms with van der Waals surface area (Å²) in [5.74, 6) is 0.768. The molecule has 2 unspecified atom stereocenters. The zero-order valence-corrected chi connectivity index (χ0v) is 12.8. The number of anilines is 1. The standard InChI is InChI=1S/C14H21IN2/c1-11(12-6-5-9-17(2)10-12)16-14-8-4-3-7-13(14)15/h3-4,7-8,11-12,16H,5-6,9-10H2,1-2H3. The minimum Gasteiger partial charge on any atom is -0.381 e. The minimum absolute atomic E-state index is 0.550. The number of halogens is 1. The molecule has 0 bridgehead atoms. The lowest BCUT2D eigenvalue weighted by atomic mass is 9.92. The first-order valence-corrected chi connectivity index (χ1v) is 7.44. The normalized spacial score (nSPS) is 23.4. The van der Waals surface area contributed by atoms with Crippen molar-refractivity contribution in [2.24, 2.45) is 5.92 Å². The Morgan fingerprint density at radius 1 is 1.41 bits per heavy atom. The van der Waals surface area contributed by atoms with Gasteiger partial charge in [-0.1, -0.05) is 12.1 Å². The van der Waals surface area contributed by atoms with E-state index in [1.807, 2.05) is 0 Å². The molecule has 1 aliphatic heterocycles. The quantitative estimate of drug-likeness (QED) is 0.846. The Morgan fingerprint density at radius 3 is 2.88 bits per heavy atom. The molecule has 17 heavy (non-hydrogen) atoms. The molecule has 94 valence electrons. The largest absolute Gasteiger partial charge is 0.381 e. The molecule has 1 saturated heterocycles. The molecule has 0 aromatic heterocycles. The molecule has 0 aliphatic carbocycles. The van der Waals surface area contributed by atoms with Gasteiger partial charge in [0, 0.05) is 21.8 Å². The molecule has 1 N–H and O–H groups in total. The van der Waals surface area contributed by atoms with Gasteiger partial charge in [0.2, 0.25) is 0 Å². The predicted octanol–water partition coefficient (Wildman–Crippen LogP) is 3.43. The van der Waals surface area contributed by atoms with Crippen molar-refractivity contribution >= 4 is 28.3 Å². The van der Waals surface area contributed by atoms with Gasteiger partial charge in [-0.05, 0) is 74.0 Å². The monoisotopic (exact) mass is 344 g/mol. The van der Waals surface area contributed by atoms with Crippen molar-refractivity contribution in [1.29, 1.82) is 0 Å². The van der Waals surface area contributed by atoms with Gasteiger partial charge in [-0.3, -0.25) is 0 Å². The van der Waals surface area contributed by atoms with Crippen molar-refractivity contribution in [3.63, 3.8) is 0 Å². The van der Waals surface area contributed by atoms with Crippen molar-refractivity contribution in [2.75, 3.05) is 25.5 Å². The number of benzene rings is 1. The van der Waals surface area contributed by atoms with Gasteiger partial charge in [0.1, 0.15) is 0 Å². The van der Waals surface area contributed by atoms with Crippen LogP contribution in [0.1, 0.15) is 19.8 Å². The summed E-state index contributed by atoms with van der Waals surface area (Å²) in [7, 11) is 2.23. The van der Waals surface area contributed by atoms with E-state index in [4.69, 9.17) is 0 Å². The highest BCUT2D eigenvalue weighted by Gasteiger charge is 2.22. The summed E-state index contributed by atoms with van der Waals surface area (Å²) in [6.07, 6.45) is 2.68. The minimum atomic E-state index is 0.550. The second-order valence-electron chi connectivity index (χ2n) is 5.08. The third kappa shape index (κ3) is 3.58. The van der Waals surface area contributed by atoms with Crippen LogP contribution in [-0.4, -0.2) is 31.1 Å². The number of nitrogens with zero attached hydrogens (tertiary/aromatic N) is 1. The smallest absolute Gasteiger partial charge is 0.0478 e. The molecule has 1 aliphatic rings. The van der Waals surface area contributed by atoms with Gasteiger partial charge in [-0.15, -0.1) is 0 Å². The molecule has 2 rings (SSSR count). The molecule has 1 aromatic carbocycles. The van der Waals surface area contributed by atoms with Crippen LogP contribution in [0.3, 0.4) is 0 Å². The number of hydrogen-bond donors (Lipinski definition) is 1. The van der Waals surface area contributed by atoms with E-state index in [0.29, 0.717) is 6.04 Å². The maximum absolute atomic E-state index is 3.67. The average molecular weight is 344 g/mol. The van der Waals surface area contributed by atoms with Gasteiger partial charge < -0.3 is 10.2 Å². The summed E-state index contributed by atoms with van der Waals surface area (Å²) in [4.78, 5) is 2.45. The Bertz CT molecular complexity index is 367. The topological polar surface area (TPSA) is 15.3 Å². The van der Waals surface area contributed by atoms with E-state index < -0.39 is 0 Å². The second-order valence-corrected chi connectivity index (χ2v) is 6.24. The van der Waals surface area contributed by atoms with Crippen LogP contribution in [0.15, 0.2) is 24.3 Å². The SMILES string of the molecule is CC(Nc1ccccc1I)C1CCCN(C)C1. The van der Waals surface area contributed by atoms with Crippen molar-refractivity contribution in [2.45, 2.75) is 25.8 Å². The first-order chi connectivity index (χ1) is 8.16. The zero-order chi connectivity index (χ0) is 12.3. The summed E-state index contributed by atoms with van der Waals surface area (Å²) in [6, 6.07) is 9.07. The Hall–Kier alpha value is -0.290.